The second kappa shape index (κ2) is 4.53. The number of allylic oxidation sites excluding steroid dienone is 2. The number of hydrogen-bond acceptors (Lipinski definition) is 4. The van der Waals surface area contributed by atoms with E-state index in [2.05, 4.69) is 32.2 Å². The van der Waals surface area contributed by atoms with Gasteiger partial charge in [0.1, 0.15) is 0 Å². The minimum Gasteiger partial charge on any atom is -0.493 e. The summed E-state index contributed by atoms with van der Waals surface area (Å²) in [5.41, 5.74) is 2.61. The highest BCUT2D eigenvalue weighted by molar-refractivity contribution is 5.99. The van der Waals surface area contributed by atoms with Gasteiger partial charge in [-0.25, -0.2) is 0 Å². The van der Waals surface area contributed by atoms with Gasteiger partial charge in [-0.15, -0.1) is 0 Å². The molecule has 0 saturated heterocycles. The Morgan fingerprint density at radius 3 is 2.78 bits per heavy atom. The second-order valence-corrected chi connectivity index (χ2v) is 7.93. The minimum atomic E-state index is -0.487. The molecule has 2 unspecified atom stereocenters. The first-order chi connectivity index (χ1) is 10.8. The summed E-state index contributed by atoms with van der Waals surface area (Å²) in [5, 5.41) is 3.52. The highest BCUT2D eigenvalue weighted by atomic mass is 16.5. The highest BCUT2D eigenvalue weighted by Gasteiger charge is 2.49. The van der Waals surface area contributed by atoms with Crippen molar-refractivity contribution in [2.45, 2.75) is 51.7 Å². The van der Waals surface area contributed by atoms with Gasteiger partial charge in [-0.1, -0.05) is 26.0 Å². The SMILES string of the molecule is COc1cccc2c1OC1(C)CC2C2=C(CC(C)(C)CC2=O)N1. The van der Waals surface area contributed by atoms with Crippen LogP contribution < -0.4 is 14.8 Å². The summed E-state index contributed by atoms with van der Waals surface area (Å²) in [4.78, 5) is 12.8. The smallest absolute Gasteiger partial charge is 0.178 e. The van der Waals surface area contributed by atoms with Crippen LogP contribution in [-0.2, 0) is 4.79 Å². The largest absolute Gasteiger partial charge is 0.493 e. The van der Waals surface area contributed by atoms with Crippen LogP contribution in [-0.4, -0.2) is 18.6 Å². The molecule has 3 aliphatic rings. The molecule has 4 heteroatoms. The van der Waals surface area contributed by atoms with E-state index in [1.54, 1.807) is 7.11 Å². The molecular weight excluding hydrogens is 290 g/mol. The number of ketones is 1. The van der Waals surface area contributed by atoms with E-state index < -0.39 is 5.72 Å². The molecule has 2 heterocycles. The minimum absolute atomic E-state index is 0.00210. The van der Waals surface area contributed by atoms with Gasteiger partial charge in [0.2, 0.25) is 0 Å². The number of Topliss-reactive ketones (excluding diaryl/α,β-unsaturated/α-hetero) is 1. The molecule has 0 radical (unpaired) electrons. The third-order valence-corrected chi connectivity index (χ3v) is 5.21. The molecule has 1 aromatic carbocycles. The van der Waals surface area contributed by atoms with Crippen LogP contribution in [0.4, 0.5) is 0 Å². The fraction of sp³-hybridized carbons (Fsp3) is 0.526. The summed E-state index contributed by atoms with van der Waals surface area (Å²) in [6, 6.07) is 5.94. The van der Waals surface area contributed by atoms with E-state index in [0.29, 0.717) is 6.42 Å². The van der Waals surface area contributed by atoms with Gasteiger partial charge >= 0.3 is 0 Å². The number of nitrogens with one attached hydrogen (secondary N) is 1. The third kappa shape index (κ3) is 2.15. The Hall–Kier alpha value is -1.97. The van der Waals surface area contributed by atoms with Crippen molar-refractivity contribution in [2.24, 2.45) is 5.41 Å². The lowest BCUT2D eigenvalue weighted by Gasteiger charge is -2.49. The van der Waals surface area contributed by atoms with E-state index in [-0.39, 0.29) is 17.1 Å². The lowest BCUT2D eigenvalue weighted by molar-refractivity contribution is -0.119. The maximum atomic E-state index is 12.8. The topological polar surface area (TPSA) is 47.6 Å². The van der Waals surface area contributed by atoms with E-state index in [4.69, 9.17) is 9.47 Å². The summed E-state index contributed by atoms with van der Waals surface area (Å²) in [7, 11) is 1.65. The summed E-state index contributed by atoms with van der Waals surface area (Å²) in [5.74, 6) is 1.86. The van der Waals surface area contributed by atoms with Crippen LogP contribution in [0.5, 0.6) is 11.5 Å². The van der Waals surface area contributed by atoms with E-state index in [0.717, 1.165) is 41.2 Å². The molecule has 1 aliphatic carbocycles. The molecule has 4 nitrogen and oxygen atoms in total. The van der Waals surface area contributed by atoms with Crippen LogP contribution in [0.2, 0.25) is 0 Å². The predicted octanol–water partition coefficient (Wildman–Crippen LogP) is 3.52. The Kier molecular flexibility index (Phi) is 2.88. The van der Waals surface area contributed by atoms with E-state index in [1.807, 2.05) is 12.1 Å². The number of ether oxygens (including phenoxy) is 2. The molecule has 0 spiro atoms. The summed E-state index contributed by atoms with van der Waals surface area (Å²) in [6.07, 6.45) is 2.28. The number of methoxy groups -OCH3 is 1. The van der Waals surface area contributed by atoms with Crippen molar-refractivity contribution in [1.29, 1.82) is 0 Å². The Bertz CT molecular complexity index is 734. The first-order valence-electron chi connectivity index (χ1n) is 8.22. The zero-order valence-corrected chi connectivity index (χ0v) is 14.2. The third-order valence-electron chi connectivity index (χ3n) is 5.21. The molecule has 0 amide bonds. The normalized spacial score (nSPS) is 30.8. The number of para-hydroxylation sites is 1. The van der Waals surface area contributed by atoms with Gasteiger partial charge in [-0.3, -0.25) is 4.79 Å². The summed E-state index contributed by atoms with van der Waals surface area (Å²) >= 11 is 0. The Labute approximate surface area is 136 Å². The average molecular weight is 313 g/mol. The van der Waals surface area contributed by atoms with Crippen molar-refractivity contribution in [3.63, 3.8) is 0 Å². The first-order valence-corrected chi connectivity index (χ1v) is 8.22. The van der Waals surface area contributed by atoms with Crippen molar-refractivity contribution in [3.05, 3.63) is 35.0 Å². The van der Waals surface area contributed by atoms with Crippen LogP contribution in [0.1, 0.15) is 51.5 Å². The zero-order valence-electron chi connectivity index (χ0n) is 14.2. The predicted molar refractivity (Wildman–Crippen MR) is 87.6 cm³/mol. The highest BCUT2D eigenvalue weighted by Crippen LogP contribution is 2.53. The van der Waals surface area contributed by atoms with Crippen molar-refractivity contribution in [1.82, 2.24) is 5.32 Å². The molecule has 0 saturated carbocycles. The number of carbonyl (C=O) groups is 1. The van der Waals surface area contributed by atoms with Crippen LogP contribution in [0.25, 0.3) is 0 Å². The number of fused-ring (bicyclic) bond motifs is 5. The lowest BCUT2D eigenvalue weighted by atomic mass is 9.67. The van der Waals surface area contributed by atoms with Gasteiger partial charge in [0, 0.05) is 35.6 Å². The zero-order chi connectivity index (χ0) is 16.4. The Morgan fingerprint density at radius 1 is 1.26 bits per heavy atom. The molecule has 2 bridgehead atoms. The Morgan fingerprint density at radius 2 is 2.04 bits per heavy atom. The average Bonchev–Trinajstić information content (AvgIpc) is 2.43. The number of benzene rings is 1. The molecule has 2 atom stereocenters. The molecule has 2 aliphatic heterocycles. The molecule has 1 aromatic rings. The molecule has 0 aromatic heterocycles. The van der Waals surface area contributed by atoms with Gasteiger partial charge in [0.25, 0.3) is 0 Å². The summed E-state index contributed by atoms with van der Waals surface area (Å²) in [6.45, 7) is 6.37. The molecule has 0 fully saturated rings. The standard InChI is InChI=1S/C19H23NO3/c1-18(2)9-13-16(14(21)10-18)12-8-19(3,20-13)23-17-11(12)6-5-7-15(17)22-4/h5-7,12,20H,8-10H2,1-4H3. The number of rotatable bonds is 1. The number of carbonyl (C=O) groups excluding carboxylic acids is 1. The maximum absolute atomic E-state index is 12.8. The van der Waals surface area contributed by atoms with E-state index in [9.17, 15) is 4.79 Å². The number of hydrogen-bond donors (Lipinski definition) is 1. The quantitative estimate of drug-likeness (QED) is 0.862. The monoisotopic (exact) mass is 313 g/mol. The van der Waals surface area contributed by atoms with Gasteiger partial charge in [-0.05, 0) is 24.8 Å². The molecule has 23 heavy (non-hydrogen) atoms. The van der Waals surface area contributed by atoms with E-state index >= 15 is 0 Å². The van der Waals surface area contributed by atoms with Gasteiger partial charge < -0.3 is 14.8 Å². The fourth-order valence-corrected chi connectivity index (χ4v) is 4.35. The molecule has 1 N–H and O–H groups in total. The van der Waals surface area contributed by atoms with E-state index in [1.165, 1.54) is 0 Å². The van der Waals surface area contributed by atoms with Gasteiger partial charge in [0.15, 0.2) is 23.0 Å². The molecule has 4 rings (SSSR count). The van der Waals surface area contributed by atoms with Crippen molar-refractivity contribution in [3.8, 4) is 11.5 Å². The fourth-order valence-electron chi connectivity index (χ4n) is 4.35. The van der Waals surface area contributed by atoms with Crippen molar-refractivity contribution in [2.75, 3.05) is 7.11 Å². The van der Waals surface area contributed by atoms with Gasteiger partial charge in [0.05, 0.1) is 7.11 Å². The van der Waals surface area contributed by atoms with Crippen molar-refractivity contribution < 1.29 is 14.3 Å². The first kappa shape index (κ1) is 14.6. The lowest BCUT2D eigenvalue weighted by Crippen LogP contribution is -2.56. The van der Waals surface area contributed by atoms with Crippen LogP contribution in [0, 0.1) is 5.41 Å². The second-order valence-electron chi connectivity index (χ2n) is 7.93. The molecular formula is C19H23NO3. The van der Waals surface area contributed by atoms with Crippen LogP contribution >= 0.6 is 0 Å². The van der Waals surface area contributed by atoms with Gasteiger partial charge in [-0.2, -0.15) is 0 Å². The molecule has 122 valence electrons. The Balaban J connectivity index is 1.90. The van der Waals surface area contributed by atoms with Crippen molar-refractivity contribution >= 4 is 5.78 Å². The van der Waals surface area contributed by atoms with Crippen LogP contribution in [0.3, 0.4) is 0 Å². The maximum Gasteiger partial charge on any atom is 0.178 e. The van der Waals surface area contributed by atoms with Crippen LogP contribution in [0.15, 0.2) is 29.5 Å². The summed E-state index contributed by atoms with van der Waals surface area (Å²) < 4.78 is 11.7.